The maximum Gasteiger partial charge on any atom is 0.322 e. The van der Waals surface area contributed by atoms with Crippen molar-refractivity contribution in [1.29, 1.82) is 0 Å². The van der Waals surface area contributed by atoms with Gasteiger partial charge in [0.15, 0.2) is 0 Å². The van der Waals surface area contributed by atoms with Crippen LogP contribution in [0.3, 0.4) is 0 Å². The van der Waals surface area contributed by atoms with Crippen LogP contribution >= 0.6 is 27.5 Å². The summed E-state index contributed by atoms with van der Waals surface area (Å²) in [6.45, 7) is 0.995. The van der Waals surface area contributed by atoms with Crippen LogP contribution in [0.2, 0.25) is 5.02 Å². The van der Waals surface area contributed by atoms with Crippen molar-refractivity contribution < 1.29 is 4.79 Å². The van der Waals surface area contributed by atoms with Crippen LogP contribution in [-0.2, 0) is 6.54 Å². The highest BCUT2D eigenvalue weighted by Gasteiger charge is 2.20. The number of hydrogen-bond donors (Lipinski definition) is 1. The number of rotatable bonds is 8. The fourth-order valence-electron chi connectivity index (χ4n) is 4.03. The zero-order chi connectivity index (χ0) is 23.8. The van der Waals surface area contributed by atoms with Crippen molar-refractivity contribution in [1.82, 2.24) is 4.90 Å². The molecule has 2 amide bonds. The molecule has 0 fully saturated rings. The first-order valence-corrected chi connectivity index (χ1v) is 12.4. The number of carbonyl (C=O) groups excluding carboxylic acids is 1. The average Bonchev–Trinajstić information content (AvgIpc) is 2.86. The van der Waals surface area contributed by atoms with E-state index in [1.807, 2.05) is 65.6 Å². The number of anilines is 1. The van der Waals surface area contributed by atoms with Gasteiger partial charge in [-0.25, -0.2) is 4.79 Å². The Hall–Kier alpha value is -3.08. The van der Waals surface area contributed by atoms with Gasteiger partial charge >= 0.3 is 6.03 Å². The van der Waals surface area contributed by atoms with E-state index in [9.17, 15) is 4.79 Å². The molecule has 5 heteroatoms. The monoisotopic (exact) mass is 532 g/mol. The maximum absolute atomic E-state index is 13.4. The number of nitrogens with one attached hydrogen (secondary N) is 1. The molecular formula is C29H26BrClN2O. The van der Waals surface area contributed by atoms with Gasteiger partial charge in [-0.3, -0.25) is 0 Å². The molecule has 0 heterocycles. The second-order valence-corrected chi connectivity index (χ2v) is 9.44. The van der Waals surface area contributed by atoms with E-state index in [4.69, 9.17) is 11.6 Å². The number of hydrogen-bond acceptors (Lipinski definition) is 1. The number of carbonyl (C=O) groups is 1. The van der Waals surface area contributed by atoms with Crippen LogP contribution in [-0.4, -0.2) is 17.5 Å². The van der Waals surface area contributed by atoms with Crippen LogP contribution in [0.15, 0.2) is 114 Å². The van der Waals surface area contributed by atoms with Gasteiger partial charge in [0.1, 0.15) is 0 Å². The molecule has 0 aromatic heterocycles. The van der Waals surface area contributed by atoms with E-state index in [0.717, 1.165) is 22.1 Å². The summed E-state index contributed by atoms with van der Waals surface area (Å²) in [5.74, 6) is 0.176. The summed E-state index contributed by atoms with van der Waals surface area (Å²) in [6.07, 6.45) is 0.782. The number of urea groups is 1. The van der Waals surface area contributed by atoms with Crippen molar-refractivity contribution in [3.63, 3.8) is 0 Å². The quantitative estimate of drug-likeness (QED) is 0.242. The molecule has 34 heavy (non-hydrogen) atoms. The molecule has 0 spiro atoms. The third-order valence-electron chi connectivity index (χ3n) is 5.77. The molecule has 0 aliphatic heterocycles. The standard InChI is InChI=1S/C29H26BrClN2O/c30-25-15-9-16-26(20-25)32-29(34)33(21-24-14-7-8-17-28(24)31)19-18-27(22-10-3-1-4-11-22)23-12-5-2-6-13-23/h1-17,20,27H,18-19,21H2,(H,32,34). The summed E-state index contributed by atoms with van der Waals surface area (Å²) in [6, 6.07) is 36.0. The maximum atomic E-state index is 13.4. The normalized spacial score (nSPS) is 10.8. The molecule has 0 saturated carbocycles. The number of amides is 2. The topological polar surface area (TPSA) is 32.3 Å². The Morgan fingerprint density at radius 3 is 2.06 bits per heavy atom. The zero-order valence-corrected chi connectivity index (χ0v) is 21.0. The number of nitrogens with zero attached hydrogens (tertiary/aromatic N) is 1. The molecule has 4 aromatic rings. The fraction of sp³-hybridized carbons (Fsp3) is 0.138. The highest BCUT2D eigenvalue weighted by atomic mass is 79.9. The van der Waals surface area contributed by atoms with Crippen LogP contribution in [0.5, 0.6) is 0 Å². The van der Waals surface area contributed by atoms with Gasteiger partial charge in [0, 0.05) is 34.2 Å². The predicted molar refractivity (Wildman–Crippen MR) is 144 cm³/mol. The minimum absolute atomic E-state index is 0.155. The first kappa shape index (κ1) is 24.1. The van der Waals surface area contributed by atoms with Gasteiger partial charge in [-0.2, -0.15) is 0 Å². The third kappa shape index (κ3) is 6.49. The van der Waals surface area contributed by atoms with Gasteiger partial charge in [0.2, 0.25) is 0 Å². The average molecular weight is 534 g/mol. The lowest BCUT2D eigenvalue weighted by atomic mass is 9.88. The van der Waals surface area contributed by atoms with Crippen molar-refractivity contribution in [3.05, 3.63) is 135 Å². The minimum Gasteiger partial charge on any atom is -0.320 e. The highest BCUT2D eigenvalue weighted by Crippen LogP contribution is 2.29. The third-order valence-corrected chi connectivity index (χ3v) is 6.64. The van der Waals surface area contributed by atoms with E-state index < -0.39 is 0 Å². The zero-order valence-electron chi connectivity index (χ0n) is 18.7. The lowest BCUT2D eigenvalue weighted by Gasteiger charge is -2.27. The molecule has 0 bridgehead atoms. The lowest BCUT2D eigenvalue weighted by Crippen LogP contribution is -2.36. The van der Waals surface area contributed by atoms with E-state index in [1.54, 1.807) is 0 Å². The van der Waals surface area contributed by atoms with E-state index in [0.29, 0.717) is 18.1 Å². The van der Waals surface area contributed by atoms with Gasteiger partial charge in [0.05, 0.1) is 0 Å². The predicted octanol–water partition coefficient (Wildman–Crippen LogP) is 8.36. The Balaban J connectivity index is 1.58. The van der Waals surface area contributed by atoms with Gasteiger partial charge in [0.25, 0.3) is 0 Å². The van der Waals surface area contributed by atoms with Crippen LogP contribution in [0.4, 0.5) is 10.5 Å². The Kier molecular flexibility index (Phi) is 8.40. The largest absolute Gasteiger partial charge is 0.322 e. The van der Waals surface area contributed by atoms with Crippen molar-refractivity contribution in [3.8, 4) is 0 Å². The Bertz CT molecular complexity index is 1180. The first-order valence-electron chi connectivity index (χ1n) is 11.2. The number of benzene rings is 4. The van der Waals surface area contributed by atoms with Crippen molar-refractivity contribution in [2.24, 2.45) is 0 Å². The molecule has 0 aliphatic carbocycles. The van der Waals surface area contributed by atoms with Gasteiger partial charge in [-0.05, 0) is 47.4 Å². The summed E-state index contributed by atoms with van der Waals surface area (Å²) >= 11 is 9.92. The summed E-state index contributed by atoms with van der Waals surface area (Å²) < 4.78 is 0.913. The lowest BCUT2D eigenvalue weighted by molar-refractivity contribution is 0.207. The van der Waals surface area contributed by atoms with E-state index in [-0.39, 0.29) is 11.9 Å². The fourth-order valence-corrected chi connectivity index (χ4v) is 4.63. The first-order chi connectivity index (χ1) is 16.6. The smallest absolute Gasteiger partial charge is 0.320 e. The van der Waals surface area contributed by atoms with Crippen LogP contribution < -0.4 is 5.32 Å². The van der Waals surface area contributed by atoms with Crippen LogP contribution in [0.25, 0.3) is 0 Å². The van der Waals surface area contributed by atoms with E-state index in [1.165, 1.54) is 11.1 Å². The molecular weight excluding hydrogens is 508 g/mol. The Morgan fingerprint density at radius 1 is 0.824 bits per heavy atom. The molecule has 0 aliphatic rings. The molecule has 3 nitrogen and oxygen atoms in total. The van der Waals surface area contributed by atoms with Gasteiger partial charge in [-0.15, -0.1) is 0 Å². The van der Waals surface area contributed by atoms with Crippen LogP contribution in [0.1, 0.15) is 29.0 Å². The summed E-state index contributed by atoms with van der Waals surface area (Å²) in [5, 5.41) is 3.70. The molecule has 4 aromatic carbocycles. The molecule has 0 atom stereocenters. The second-order valence-electron chi connectivity index (χ2n) is 8.12. The molecule has 0 saturated heterocycles. The van der Waals surface area contributed by atoms with E-state index in [2.05, 4.69) is 69.8 Å². The molecule has 1 N–H and O–H groups in total. The summed E-state index contributed by atoms with van der Waals surface area (Å²) in [4.78, 5) is 15.2. The highest BCUT2D eigenvalue weighted by molar-refractivity contribution is 9.10. The molecule has 172 valence electrons. The SMILES string of the molecule is O=C(Nc1cccc(Br)c1)N(CCC(c1ccccc1)c1ccccc1)Cc1ccccc1Cl. The van der Waals surface area contributed by atoms with Crippen molar-refractivity contribution in [2.75, 3.05) is 11.9 Å². The van der Waals surface area contributed by atoms with Gasteiger partial charge in [-0.1, -0.05) is 112 Å². The number of halogens is 2. The van der Waals surface area contributed by atoms with Crippen molar-refractivity contribution >= 4 is 39.2 Å². The minimum atomic E-state index is -0.155. The van der Waals surface area contributed by atoms with Crippen LogP contribution in [0, 0.1) is 0 Å². The molecule has 0 unspecified atom stereocenters. The van der Waals surface area contributed by atoms with Gasteiger partial charge < -0.3 is 10.2 Å². The molecule has 4 rings (SSSR count). The summed E-state index contributed by atoms with van der Waals surface area (Å²) in [5.41, 5.74) is 4.13. The second kappa shape index (κ2) is 11.9. The van der Waals surface area contributed by atoms with E-state index >= 15 is 0 Å². The molecule has 0 radical (unpaired) electrons. The Morgan fingerprint density at radius 2 is 1.44 bits per heavy atom. The Labute approximate surface area is 214 Å². The van der Waals surface area contributed by atoms with Crippen molar-refractivity contribution in [2.45, 2.75) is 18.9 Å². The summed E-state index contributed by atoms with van der Waals surface area (Å²) in [7, 11) is 0.